The lowest BCUT2D eigenvalue weighted by Gasteiger charge is -2.39. The normalized spacial score (nSPS) is 28.0. The smallest absolute Gasteiger partial charge is 0.304 e. The Hall–Kier alpha value is -0.900. The highest BCUT2D eigenvalue weighted by Gasteiger charge is 2.36. The molecule has 2 atom stereocenters. The van der Waals surface area contributed by atoms with Crippen LogP contribution in [-0.4, -0.2) is 40.9 Å². The number of carboxylic acids is 1. The fourth-order valence-electron chi connectivity index (χ4n) is 2.45. The lowest BCUT2D eigenvalue weighted by atomic mass is 9.84. The van der Waals surface area contributed by atoms with E-state index in [-0.39, 0.29) is 24.2 Å². The van der Waals surface area contributed by atoms with Crippen LogP contribution in [0.25, 0.3) is 0 Å². The lowest BCUT2D eigenvalue weighted by Crippen LogP contribution is -2.49. The second-order valence-electron chi connectivity index (χ2n) is 4.02. The topological polar surface area (TPSA) is 57.6 Å². The van der Waals surface area contributed by atoms with Crippen molar-refractivity contribution in [2.45, 2.75) is 39.2 Å². The standard InChI is InChI=1S/C11H19NO3/c1-3-9-8(7-11(14)15)10(13)5-6-12(9)4-2/h8-9H,3-7H2,1-2H3,(H,14,15). The Morgan fingerprint density at radius 1 is 1.53 bits per heavy atom. The van der Waals surface area contributed by atoms with Crippen LogP contribution in [0.2, 0.25) is 0 Å². The van der Waals surface area contributed by atoms with E-state index in [4.69, 9.17) is 5.11 Å². The molecule has 4 heteroatoms. The number of hydrogen-bond acceptors (Lipinski definition) is 3. The van der Waals surface area contributed by atoms with Crippen molar-refractivity contribution < 1.29 is 14.7 Å². The first-order chi connectivity index (χ1) is 7.10. The highest BCUT2D eigenvalue weighted by Crippen LogP contribution is 2.25. The van der Waals surface area contributed by atoms with Gasteiger partial charge in [-0.25, -0.2) is 0 Å². The third-order valence-electron chi connectivity index (χ3n) is 3.21. The summed E-state index contributed by atoms with van der Waals surface area (Å²) in [5.74, 6) is -1.06. The zero-order valence-corrected chi connectivity index (χ0v) is 9.40. The van der Waals surface area contributed by atoms with Crippen LogP contribution in [0.3, 0.4) is 0 Å². The fourth-order valence-corrected chi connectivity index (χ4v) is 2.45. The largest absolute Gasteiger partial charge is 0.481 e. The minimum atomic E-state index is -0.871. The van der Waals surface area contributed by atoms with Crippen molar-refractivity contribution in [3.05, 3.63) is 0 Å². The van der Waals surface area contributed by atoms with Gasteiger partial charge < -0.3 is 5.11 Å². The van der Waals surface area contributed by atoms with Crippen molar-refractivity contribution in [3.63, 3.8) is 0 Å². The van der Waals surface area contributed by atoms with Crippen molar-refractivity contribution in [2.24, 2.45) is 5.92 Å². The van der Waals surface area contributed by atoms with Crippen LogP contribution in [0.4, 0.5) is 0 Å². The van der Waals surface area contributed by atoms with Gasteiger partial charge >= 0.3 is 5.97 Å². The number of carbonyl (C=O) groups is 2. The van der Waals surface area contributed by atoms with E-state index in [0.29, 0.717) is 6.42 Å². The molecular weight excluding hydrogens is 194 g/mol. The minimum Gasteiger partial charge on any atom is -0.481 e. The molecule has 0 aromatic heterocycles. The third-order valence-corrected chi connectivity index (χ3v) is 3.21. The molecule has 86 valence electrons. The zero-order valence-electron chi connectivity index (χ0n) is 9.40. The van der Waals surface area contributed by atoms with Gasteiger partial charge in [-0.2, -0.15) is 0 Å². The Kier molecular flexibility index (Phi) is 4.27. The molecule has 4 nitrogen and oxygen atoms in total. The van der Waals surface area contributed by atoms with Gasteiger partial charge in [-0.3, -0.25) is 14.5 Å². The molecule has 1 saturated heterocycles. The number of nitrogens with zero attached hydrogens (tertiary/aromatic N) is 1. The molecule has 2 unspecified atom stereocenters. The van der Waals surface area contributed by atoms with Gasteiger partial charge in [0, 0.05) is 24.9 Å². The van der Waals surface area contributed by atoms with Crippen molar-refractivity contribution in [1.29, 1.82) is 0 Å². The predicted molar refractivity (Wildman–Crippen MR) is 56.7 cm³/mol. The summed E-state index contributed by atoms with van der Waals surface area (Å²) >= 11 is 0. The van der Waals surface area contributed by atoms with Crippen LogP contribution in [0.1, 0.15) is 33.1 Å². The predicted octanol–water partition coefficient (Wildman–Crippen LogP) is 1.15. The third kappa shape index (κ3) is 2.78. The van der Waals surface area contributed by atoms with E-state index in [0.717, 1.165) is 19.5 Å². The van der Waals surface area contributed by atoms with E-state index in [9.17, 15) is 9.59 Å². The second-order valence-corrected chi connectivity index (χ2v) is 4.02. The number of carboxylic acid groups (broad SMARTS) is 1. The molecule has 0 radical (unpaired) electrons. The Morgan fingerprint density at radius 3 is 2.67 bits per heavy atom. The molecule has 1 N–H and O–H groups in total. The molecule has 0 aromatic rings. The first-order valence-electron chi connectivity index (χ1n) is 5.58. The van der Waals surface area contributed by atoms with E-state index >= 15 is 0 Å². The van der Waals surface area contributed by atoms with Gasteiger partial charge in [0.05, 0.1) is 6.42 Å². The highest BCUT2D eigenvalue weighted by molar-refractivity contribution is 5.86. The SMILES string of the molecule is CCC1C(CC(=O)O)C(=O)CCN1CC. The molecule has 0 spiro atoms. The lowest BCUT2D eigenvalue weighted by molar-refractivity contribution is -0.143. The summed E-state index contributed by atoms with van der Waals surface area (Å²) in [4.78, 5) is 24.6. The maximum atomic E-state index is 11.7. The first kappa shape index (κ1) is 12.2. The van der Waals surface area contributed by atoms with Gasteiger partial charge in [0.2, 0.25) is 0 Å². The number of carbonyl (C=O) groups excluding carboxylic acids is 1. The van der Waals surface area contributed by atoms with Gasteiger partial charge in [0.25, 0.3) is 0 Å². The van der Waals surface area contributed by atoms with Crippen LogP contribution in [-0.2, 0) is 9.59 Å². The maximum Gasteiger partial charge on any atom is 0.304 e. The van der Waals surface area contributed by atoms with Crippen molar-refractivity contribution >= 4 is 11.8 Å². The molecule has 0 aromatic carbocycles. The van der Waals surface area contributed by atoms with Gasteiger partial charge in [0.15, 0.2) is 0 Å². The first-order valence-corrected chi connectivity index (χ1v) is 5.58. The van der Waals surface area contributed by atoms with E-state index in [2.05, 4.69) is 11.8 Å². The number of hydrogen-bond donors (Lipinski definition) is 1. The van der Waals surface area contributed by atoms with Crippen LogP contribution >= 0.6 is 0 Å². The Labute approximate surface area is 90.3 Å². The number of ketones is 1. The van der Waals surface area contributed by atoms with Crippen molar-refractivity contribution in [1.82, 2.24) is 4.90 Å². The molecule has 1 aliphatic heterocycles. The van der Waals surface area contributed by atoms with Crippen molar-refractivity contribution in [3.8, 4) is 0 Å². The second kappa shape index (κ2) is 5.26. The van der Waals surface area contributed by atoms with Crippen LogP contribution in [0, 0.1) is 5.92 Å². The Balaban J connectivity index is 2.76. The molecule has 1 fully saturated rings. The summed E-state index contributed by atoms with van der Waals surface area (Å²) < 4.78 is 0. The quantitative estimate of drug-likeness (QED) is 0.761. The molecule has 0 amide bonds. The number of rotatable bonds is 4. The maximum absolute atomic E-state index is 11.7. The monoisotopic (exact) mass is 213 g/mol. The van der Waals surface area contributed by atoms with Gasteiger partial charge in [-0.15, -0.1) is 0 Å². The molecule has 1 heterocycles. The van der Waals surface area contributed by atoms with E-state index < -0.39 is 5.97 Å². The molecule has 15 heavy (non-hydrogen) atoms. The fraction of sp³-hybridized carbons (Fsp3) is 0.818. The summed E-state index contributed by atoms with van der Waals surface area (Å²) in [5, 5.41) is 8.79. The summed E-state index contributed by atoms with van der Waals surface area (Å²) in [5.41, 5.74) is 0. The number of piperidine rings is 1. The molecular formula is C11H19NO3. The zero-order chi connectivity index (χ0) is 11.4. The average molecular weight is 213 g/mol. The Morgan fingerprint density at radius 2 is 2.20 bits per heavy atom. The van der Waals surface area contributed by atoms with Gasteiger partial charge in [-0.1, -0.05) is 13.8 Å². The molecule has 0 aliphatic carbocycles. The number of likely N-dealkylation sites (tertiary alicyclic amines) is 1. The molecule has 1 rings (SSSR count). The van der Waals surface area contributed by atoms with Crippen LogP contribution in [0.15, 0.2) is 0 Å². The summed E-state index contributed by atoms with van der Waals surface area (Å²) in [6.07, 6.45) is 1.33. The Bertz CT molecular complexity index is 252. The number of Topliss-reactive ketones (excluding diaryl/α,β-unsaturated/α-hetero) is 1. The van der Waals surface area contributed by atoms with Crippen molar-refractivity contribution in [2.75, 3.05) is 13.1 Å². The average Bonchev–Trinajstić information content (AvgIpc) is 2.20. The molecule has 0 bridgehead atoms. The number of aliphatic carboxylic acids is 1. The summed E-state index contributed by atoms with van der Waals surface area (Å²) in [7, 11) is 0. The van der Waals surface area contributed by atoms with E-state index in [1.54, 1.807) is 0 Å². The molecule has 1 aliphatic rings. The van der Waals surface area contributed by atoms with Gasteiger partial charge in [-0.05, 0) is 13.0 Å². The summed E-state index contributed by atoms with van der Waals surface area (Å²) in [6, 6.07) is 0.118. The summed E-state index contributed by atoms with van der Waals surface area (Å²) in [6.45, 7) is 5.74. The minimum absolute atomic E-state index is 0.0200. The van der Waals surface area contributed by atoms with Gasteiger partial charge in [0.1, 0.15) is 5.78 Å². The van der Waals surface area contributed by atoms with Crippen LogP contribution in [0.5, 0.6) is 0 Å². The molecule has 0 saturated carbocycles. The highest BCUT2D eigenvalue weighted by atomic mass is 16.4. The van der Waals surface area contributed by atoms with E-state index in [1.807, 2.05) is 6.92 Å². The van der Waals surface area contributed by atoms with E-state index in [1.165, 1.54) is 0 Å². The van der Waals surface area contributed by atoms with Crippen LogP contribution < -0.4 is 0 Å².